The Morgan fingerprint density at radius 1 is 0.964 bits per heavy atom. The maximum atomic E-state index is 13.4. The molecule has 0 spiro atoms. The van der Waals surface area contributed by atoms with Gasteiger partial charge in [0.05, 0.1) is 30.7 Å². The van der Waals surface area contributed by atoms with Crippen LogP contribution in [0.5, 0.6) is 5.75 Å². The van der Waals surface area contributed by atoms with E-state index in [4.69, 9.17) is 4.74 Å². The molecule has 1 aliphatic rings. The van der Waals surface area contributed by atoms with Crippen LogP contribution in [0.2, 0.25) is 0 Å². The van der Waals surface area contributed by atoms with E-state index in [-0.39, 0.29) is 10.9 Å². The third-order valence-electron chi connectivity index (χ3n) is 5.09. The highest BCUT2D eigenvalue weighted by Crippen LogP contribution is 2.35. The SMILES string of the molecule is COC(=O)c1ccc(S(=O)(=O)N2CCCCCC2c2ccc(OC)cc2)cc1. The van der Waals surface area contributed by atoms with Crippen LogP contribution in [0, 0.1) is 0 Å². The minimum absolute atomic E-state index is 0.181. The molecule has 1 atom stereocenters. The van der Waals surface area contributed by atoms with Gasteiger partial charge in [-0.15, -0.1) is 0 Å². The van der Waals surface area contributed by atoms with Crippen LogP contribution < -0.4 is 4.74 Å². The van der Waals surface area contributed by atoms with Crippen LogP contribution in [0.25, 0.3) is 0 Å². The van der Waals surface area contributed by atoms with Gasteiger partial charge >= 0.3 is 5.97 Å². The molecule has 7 heteroatoms. The molecule has 1 heterocycles. The molecule has 0 aliphatic carbocycles. The lowest BCUT2D eigenvalue weighted by molar-refractivity contribution is 0.0600. The van der Waals surface area contributed by atoms with Crippen molar-refractivity contribution in [3.63, 3.8) is 0 Å². The first-order chi connectivity index (χ1) is 13.5. The molecule has 0 saturated carbocycles. The standard InChI is InChI=1S/C21H25NO5S/c1-26-18-11-7-16(8-12-18)20-6-4-3-5-15-22(20)28(24,25)19-13-9-17(10-14-19)21(23)27-2/h7-14,20H,3-6,15H2,1-2H3. The van der Waals surface area contributed by atoms with E-state index in [2.05, 4.69) is 4.74 Å². The van der Waals surface area contributed by atoms with Crippen molar-refractivity contribution < 1.29 is 22.7 Å². The number of nitrogens with zero attached hydrogens (tertiary/aromatic N) is 1. The van der Waals surface area contributed by atoms with Gasteiger partial charge in [-0.2, -0.15) is 4.31 Å². The number of methoxy groups -OCH3 is 2. The second-order valence-electron chi connectivity index (χ2n) is 6.77. The summed E-state index contributed by atoms with van der Waals surface area (Å²) in [7, 11) is -0.796. The van der Waals surface area contributed by atoms with Crippen molar-refractivity contribution in [2.24, 2.45) is 0 Å². The second kappa shape index (κ2) is 8.75. The van der Waals surface area contributed by atoms with Gasteiger partial charge in [-0.05, 0) is 54.8 Å². The van der Waals surface area contributed by atoms with Crippen LogP contribution >= 0.6 is 0 Å². The Balaban J connectivity index is 1.94. The summed E-state index contributed by atoms with van der Waals surface area (Å²) in [5.74, 6) is 0.250. The van der Waals surface area contributed by atoms with Gasteiger partial charge in [0.25, 0.3) is 0 Å². The zero-order valence-electron chi connectivity index (χ0n) is 16.1. The predicted octanol–water partition coefficient (Wildman–Crippen LogP) is 3.79. The van der Waals surface area contributed by atoms with Gasteiger partial charge in [-0.25, -0.2) is 13.2 Å². The summed E-state index contributed by atoms with van der Waals surface area (Å²) in [6.45, 7) is 0.470. The zero-order chi connectivity index (χ0) is 20.1. The van der Waals surface area contributed by atoms with Gasteiger partial charge in [0.2, 0.25) is 10.0 Å². The summed E-state index contributed by atoms with van der Waals surface area (Å²) in [5, 5.41) is 0. The van der Waals surface area contributed by atoms with E-state index in [1.54, 1.807) is 11.4 Å². The lowest BCUT2D eigenvalue weighted by atomic mass is 10.0. The van der Waals surface area contributed by atoms with Crippen molar-refractivity contribution in [2.75, 3.05) is 20.8 Å². The first-order valence-electron chi connectivity index (χ1n) is 9.31. The number of benzene rings is 2. The molecule has 0 radical (unpaired) electrons. The molecule has 0 N–H and O–H groups in total. The van der Waals surface area contributed by atoms with Gasteiger partial charge < -0.3 is 9.47 Å². The third kappa shape index (κ3) is 4.20. The first-order valence-corrected chi connectivity index (χ1v) is 10.8. The molecule has 1 aliphatic heterocycles. The van der Waals surface area contributed by atoms with Gasteiger partial charge in [0.15, 0.2) is 0 Å². The number of rotatable bonds is 5. The maximum Gasteiger partial charge on any atom is 0.337 e. The Bertz CT molecular complexity index is 907. The molecule has 150 valence electrons. The van der Waals surface area contributed by atoms with Crippen molar-refractivity contribution in [2.45, 2.75) is 36.6 Å². The summed E-state index contributed by atoms with van der Waals surface area (Å²) in [6.07, 6.45) is 3.57. The number of ether oxygens (including phenoxy) is 2. The van der Waals surface area contributed by atoms with E-state index in [0.717, 1.165) is 37.0 Å². The molecular weight excluding hydrogens is 378 g/mol. The highest BCUT2D eigenvalue weighted by atomic mass is 32.2. The third-order valence-corrected chi connectivity index (χ3v) is 7.01. The van der Waals surface area contributed by atoms with Crippen LogP contribution in [-0.4, -0.2) is 39.5 Å². The van der Waals surface area contributed by atoms with E-state index >= 15 is 0 Å². The molecular formula is C21H25NO5S. The molecule has 1 unspecified atom stereocenters. The lowest BCUT2D eigenvalue weighted by Gasteiger charge is -2.29. The normalized spacial score (nSPS) is 18.3. The van der Waals surface area contributed by atoms with Crippen LogP contribution in [0.4, 0.5) is 0 Å². The van der Waals surface area contributed by atoms with Crippen molar-refractivity contribution >= 4 is 16.0 Å². The highest BCUT2D eigenvalue weighted by molar-refractivity contribution is 7.89. The quantitative estimate of drug-likeness (QED) is 0.710. The molecule has 6 nitrogen and oxygen atoms in total. The van der Waals surface area contributed by atoms with E-state index in [0.29, 0.717) is 12.1 Å². The van der Waals surface area contributed by atoms with Crippen LogP contribution in [-0.2, 0) is 14.8 Å². The Kier molecular flexibility index (Phi) is 6.36. The average molecular weight is 404 g/mol. The number of sulfonamides is 1. The fraction of sp³-hybridized carbons (Fsp3) is 0.381. The second-order valence-corrected chi connectivity index (χ2v) is 8.66. The monoisotopic (exact) mass is 403 g/mol. The van der Waals surface area contributed by atoms with Crippen molar-refractivity contribution in [3.05, 3.63) is 59.7 Å². The Labute approximate surface area is 166 Å². The molecule has 2 aromatic rings. The summed E-state index contributed by atoms with van der Waals surface area (Å²) < 4.78 is 38.3. The van der Waals surface area contributed by atoms with Crippen LogP contribution in [0.3, 0.4) is 0 Å². The molecule has 1 saturated heterocycles. The molecule has 3 rings (SSSR count). The van der Waals surface area contributed by atoms with Gasteiger partial charge in [0.1, 0.15) is 5.75 Å². The molecule has 0 aromatic heterocycles. The lowest BCUT2D eigenvalue weighted by Crippen LogP contribution is -2.34. The number of carbonyl (C=O) groups excluding carboxylic acids is 1. The van der Waals surface area contributed by atoms with Gasteiger partial charge in [-0.3, -0.25) is 0 Å². The molecule has 0 bridgehead atoms. The summed E-state index contributed by atoms with van der Waals surface area (Å²) in [5.41, 5.74) is 1.28. The molecule has 0 amide bonds. The fourth-order valence-corrected chi connectivity index (χ4v) is 5.23. The smallest absolute Gasteiger partial charge is 0.337 e. The zero-order valence-corrected chi connectivity index (χ0v) is 16.9. The predicted molar refractivity (Wildman–Crippen MR) is 106 cm³/mol. The number of carbonyl (C=O) groups is 1. The topological polar surface area (TPSA) is 72.9 Å². The summed E-state index contributed by atoms with van der Waals surface area (Å²) >= 11 is 0. The molecule has 2 aromatic carbocycles. The van der Waals surface area contributed by atoms with E-state index in [1.807, 2.05) is 24.3 Å². The minimum Gasteiger partial charge on any atom is -0.497 e. The average Bonchev–Trinajstić information content (AvgIpc) is 3.00. The maximum absolute atomic E-state index is 13.4. The van der Waals surface area contributed by atoms with Crippen LogP contribution in [0.1, 0.15) is 47.6 Å². The number of esters is 1. The van der Waals surface area contributed by atoms with Gasteiger partial charge in [0, 0.05) is 6.54 Å². The van der Waals surface area contributed by atoms with E-state index in [1.165, 1.54) is 31.4 Å². The van der Waals surface area contributed by atoms with E-state index in [9.17, 15) is 13.2 Å². The summed E-state index contributed by atoms with van der Waals surface area (Å²) in [4.78, 5) is 11.8. The Hall–Kier alpha value is -2.38. The Morgan fingerprint density at radius 2 is 1.64 bits per heavy atom. The minimum atomic E-state index is -3.70. The molecule has 28 heavy (non-hydrogen) atoms. The Morgan fingerprint density at radius 3 is 2.25 bits per heavy atom. The van der Waals surface area contributed by atoms with Crippen molar-refractivity contribution in [3.8, 4) is 5.75 Å². The fourth-order valence-electron chi connectivity index (χ4n) is 3.54. The van der Waals surface area contributed by atoms with Crippen molar-refractivity contribution in [1.29, 1.82) is 0 Å². The largest absolute Gasteiger partial charge is 0.497 e. The first kappa shape index (κ1) is 20.4. The van der Waals surface area contributed by atoms with Gasteiger partial charge in [-0.1, -0.05) is 25.0 Å². The molecule has 1 fully saturated rings. The van der Waals surface area contributed by atoms with Crippen LogP contribution in [0.15, 0.2) is 53.4 Å². The number of hydrogen-bond acceptors (Lipinski definition) is 5. The highest BCUT2D eigenvalue weighted by Gasteiger charge is 2.33. The summed E-state index contributed by atoms with van der Waals surface area (Å²) in [6, 6.07) is 13.3. The van der Waals surface area contributed by atoms with E-state index < -0.39 is 16.0 Å². The number of hydrogen-bond donors (Lipinski definition) is 0. The van der Waals surface area contributed by atoms with Crippen molar-refractivity contribution in [1.82, 2.24) is 4.31 Å².